The number of halogens is 2. The molecule has 1 unspecified atom stereocenters. The van der Waals surface area contributed by atoms with Gasteiger partial charge in [-0.05, 0) is 28.7 Å². The van der Waals surface area contributed by atoms with E-state index in [1.165, 1.54) is 16.2 Å². The molecular formula is C10H9FINO3S. The number of hydrogen-bond acceptors (Lipinski definition) is 3. The number of amides is 1. The standard InChI is InChI=1S/C10H9FINO3S/c11-10(9(15)16)1-2-13(5-10)8(14)6-3-7(12)17-4-6/h3-4H,1-2,5H2,(H,15,16). The zero-order chi connectivity index (χ0) is 12.6. The van der Waals surface area contributed by atoms with Crippen LogP contribution in [0.5, 0.6) is 0 Å². The molecule has 92 valence electrons. The lowest BCUT2D eigenvalue weighted by Crippen LogP contribution is -2.38. The van der Waals surface area contributed by atoms with Crippen molar-refractivity contribution in [1.82, 2.24) is 4.90 Å². The topological polar surface area (TPSA) is 57.6 Å². The Kier molecular flexibility index (Phi) is 3.39. The summed E-state index contributed by atoms with van der Waals surface area (Å²) in [5.41, 5.74) is -1.80. The number of carbonyl (C=O) groups is 2. The molecule has 1 N–H and O–H groups in total. The normalized spacial score (nSPS) is 24.0. The molecule has 4 nitrogen and oxygen atoms in total. The smallest absolute Gasteiger partial charge is 0.343 e. The summed E-state index contributed by atoms with van der Waals surface area (Å²) in [6, 6.07) is 1.71. The Morgan fingerprint density at radius 1 is 1.59 bits per heavy atom. The second kappa shape index (κ2) is 4.52. The fraction of sp³-hybridized carbons (Fsp3) is 0.400. The molecule has 2 heterocycles. The highest BCUT2D eigenvalue weighted by Gasteiger charge is 2.47. The first kappa shape index (κ1) is 12.7. The first-order valence-corrected chi connectivity index (χ1v) is 6.84. The zero-order valence-electron chi connectivity index (χ0n) is 8.65. The molecule has 17 heavy (non-hydrogen) atoms. The first-order valence-electron chi connectivity index (χ1n) is 4.88. The number of carboxylic acid groups (broad SMARTS) is 1. The molecule has 0 radical (unpaired) electrons. The van der Waals surface area contributed by atoms with E-state index in [9.17, 15) is 14.0 Å². The third-order valence-electron chi connectivity index (χ3n) is 2.70. The van der Waals surface area contributed by atoms with Gasteiger partial charge in [-0.1, -0.05) is 0 Å². The van der Waals surface area contributed by atoms with Crippen molar-refractivity contribution in [3.8, 4) is 0 Å². The van der Waals surface area contributed by atoms with Crippen LogP contribution in [0.15, 0.2) is 11.4 Å². The van der Waals surface area contributed by atoms with E-state index in [1.54, 1.807) is 11.4 Å². The molecule has 1 aliphatic rings. The number of likely N-dealkylation sites (tertiary alicyclic amines) is 1. The number of aliphatic carboxylic acids is 1. The number of carbonyl (C=O) groups excluding carboxylic acids is 1. The van der Waals surface area contributed by atoms with E-state index in [2.05, 4.69) is 22.6 Å². The number of carboxylic acids is 1. The Bertz CT molecular complexity index is 478. The molecule has 0 spiro atoms. The van der Waals surface area contributed by atoms with Crippen LogP contribution in [-0.4, -0.2) is 40.6 Å². The van der Waals surface area contributed by atoms with Crippen LogP contribution in [0.1, 0.15) is 16.8 Å². The monoisotopic (exact) mass is 369 g/mol. The summed E-state index contributed by atoms with van der Waals surface area (Å²) in [6.07, 6.45) is -0.144. The van der Waals surface area contributed by atoms with Gasteiger partial charge in [0.25, 0.3) is 5.91 Å². The van der Waals surface area contributed by atoms with Crippen LogP contribution in [0.2, 0.25) is 0 Å². The lowest BCUT2D eigenvalue weighted by atomic mass is 10.1. The van der Waals surface area contributed by atoms with Crippen molar-refractivity contribution in [3.63, 3.8) is 0 Å². The van der Waals surface area contributed by atoms with E-state index < -0.39 is 11.6 Å². The Balaban J connectivity index is 2.11. The number of alkyl halides is 1. The van der Waals surface area contributed by atoms with Crippen molar-refractivity contribution >= 4 is 45.8 Å². The Morgan fingerprint density at radius 3 is 2.76 bits per heavy atom. The van der Waals surface area contributed by atoms with Crippen molar-refractivity contribution < 1.29 is 19.1 Å². The van der Waals surface area contributed by atoms with Gasteiger partial charge in [0.15, 0.2) is 0 Å². The van der Waals surface area contributed by atoms with Gasteiger partial charge in [0.1, 0.15) is 0 Å². The molecule has 0 aliphatic carbocycles. The van der Waals surface area contributed by atoms with Crippen molar-refractivity contribution in [1.29, 1.82) is 0 Å². The minimum atomic E-state index is -2.29. The maximum absolute atomic E-state index is 13.8. The third-order valence-corrected chi connectivity index (χ3v) is 4.49. The zero-order valence-corrected chi connectivity index (χ0v) is 11.6. The lowest BCUT2D eigenvalue weighted by Gasteiger charge is -2.16. The highest BCUT2D eigenvalue weighted by Crippen LogP contribution is 2.28. The number of rotatable bonds is 2. The Morgan fingerprint density at radius 2 is 2.29 bits per heavy atom. The van der Waals surface area contributed by atoms with Gasteiger partial charge in [-0.3, -0.25) is 4.79 Å². The van der Waals surface area contributed by atoms with E-state index in [0.29, 0.717) is 5.56 Å². The summed E-state index contributed by atoms with van der Waals surface area (Å²) in [6.45, 7) is -0.221. The van der Waals surface area contributed by atoms with Crippen LogP contribution < -0.4 is 0 Å². The van der Waals surface area contributed by atoms with Crippen LogP contribution in [0.4, 0.5) is 4.39 Å². The van der Waals surface area contributed by atoms with Gasteiger partial charge in [0, 0.05) is 18.3 Å². The highest BCUT2D eigenvalue weighted by molar-refractivity contribution is 14.1. The second-order valence-corrected chi connectivity index (χ2v) is 6.69. The summed E-state index contributed by atoms with van der Waals surface area (Å²) in [7, 11) is 0. The summed E-state index contributed by atoms with van der Waals surface area (Å²) in [5.74, 6) is -1.79. The van der Waals surface area contributed by atoms with Gasteiger partial charge >= 0.3 is 5.97 Å². The second-order valence-electron chi connectivity index (χ2n) is 3.89. The number of nitrogens with zero attached hydrogens (tertiary/aromatic N) is 1. The quantitative estimate of drug-likeness (QED) is 0.812. The SMILES string of the molecule is O=C(c1csc(I)c1)N1CCC(F)(C(=O)O)C1. The largest absolute Gasteiger partial charge is 0.479 e. The maximum atomic E-state index is 13.8. The molecule has 7 heteroatoms. The van der Waals surface area contributed by atoms with Crippen molar-refractivity contribution in [3.05, 3.63) is 19.9 Å². The summed E-state index contributed by atoms with van der Waals surface area (Å²) >= 11 is 3.52. The Hall–Kier alpha value is -0.700. The number of hydrogen-bond donors (Lipinski definition) is 1. The van der Waals surface area contributed by atoms with E-state index in [-0.39, 0.29) is 25.4 Å². The minimum absolute atomic E-state index is 0.144. The third kappa shape index (κ3) is 2.44. The van der Waals surface area contributed by atoms with Crippen molar-refractivity contribution in [2.24, 2.45) is 0 Å². The Labute approximate surface area is 115 Å². The van der Waals surface area contributed by atoms with Gasteiger partial charge in [-0.2, -0.15) is 0 Å². The van der Waals surface area contributed by atoms with Gasteiger partial charge in [0.05, 0.1) is 15.0 Å². The molecule has 0 bridgehead atoms. The molecule has 1 aliphatic heterocycles. The molecule has 0 aromatic carbocycles. The van der Waals surface area contributed by atoms with Crippen LogP contribution in [0.25, 0.3) is 0 Å². The van der Waals surface area contributed by atoms with Gasteiger partial charge in [-0.15, -0.1) is 11.3 Å². The van der Waals surface area contributed by atoms with E-state index in [1.807, 2.05) is 0 Å². The molecule has 1 atom stereocenters. The van der Waals surface area contributed by atoms with Crippen molar-refractivity contribution in [2.75, 3.05) is 13.1 Å². The van der Waals surface area contributed by atoms with Gasteiger partial charge < -0.3 is 10.0 Å². The lowest BCUT2D eigenvalue weighted by molar-refractivity contribution is -0.149. The fourth-order valence-electron chi connectivity index (χ4n) is 1.73. The van der Waals surface area contributed by atoms with E-state index >= 15 is 0 Å². The van der Waals surface area contributed by atoms with Crippen LogP contribution in [0, 0.1) is 2.88 Å². The van der Waals surface area contributed by atoms with E-state index in [0.717, 1.165) is 2.88 Å². The average Bonchev–Trinajstić information content (AvgIpc) is 2.85. The highest BCUT2D eigenvalue weighted by atomic mass is 127. The summed E-state index contributed by atoms with van der Waals surface area (Å²) in [4.78, 5) is 23.9. The molecule has 0 saturated carbocycles. The summed E-state index contributed by atoms with van der Waals surface area (Å²) in [5, 5.41) is 10.4. The molecule has 1 saturated heterocycles. The molecule has 1 aromatic rings. The predicted molar refractivity (Wildman–Crippen MR) is 69.0 cm³/mol. The fourth-order valence-corrected chi connectivity index (χ4v) is 3.05. The molecule has 1 aromatic heterocycles. The molecular weight excluding hydrogens is 360 g/mol. The van der Waals surface area contributed by atoms with Gasteiger partial charge in [0.2, 0.25) is 5.67 Å². The average molecular weight is 369 g/mol. The van der Waals surface area contributed by atoms with Crippen LogP contribution >= 0.6 is 33.9 Å². The minimum Gasteiger partial charge on any atom is -0.479 e. The predicted octanol–water partition coefficient (Wildman–Crippen LogP) is 1.99. The van der Waals surface area contributed by atoms with Crippen LogP contribution in [-0.2, 0) is 4.79 Å². The van der Waals surface area contributed by atoms with Gasteiger partial charge in [-0.25, -0.2) is 9.18 Å². The van der Waals surface area contributed by atoms with Crippen LogP contribution in [0.3, 0.4) is 0 Å². The molecule has 1 fully saturated rings. The maximum Gasteiger partial charge on any atom is 0.343 e. The molecule has 1 amide bonds. The van der Waals surface area contributed by atoms with E-state index in [4.69, 9.17) is 5.11 Å². The number of thiophene rings is 1. The summed E-state index contributed by atoms with van der Waals surface area (Å²) < 4.78 is 14.7. The van der Waals surface area contributed by atoms with Crippen molar-refractivity contribution in [2.45, 2.75) is 12.1 Å². The first-order chi connectivity index (χ1) is 7.92. The molecule has 2 rings (SSSR count).